The molecule has 0 saturated carbocycles. The molecule has 0 aliphatic heterocycles. The molecule has 0 aliphatic rings. The first-order chi connectivity index (χ1) is 11.5. The number of hydrogen-bond donors (Lipinski definition) is 2. The minimum atomic E-state index is -0.990. The van der Waals surface area contributed by atoms with Crippen molar-refractivity contribution >= 4 is 30.4 Å². The Morgan fingerprint density at radius 1 is 1.28 bits per heavy atom. The van der Waals surface area contributed by atoms with Gasteiger partial charge >= 0.3 is 12.1 Å². The maximum Gasteiger partial charge on any atom is 0.408 e. The number of thiol groups is 1. The zero-order valence-electron chi connectivity index (χ0n) is 14.5. The van der Waals surface area contributed by atoms with Crippen LogP contribution in [0.15, 0.2) is 24.3 Å². The van der Waals surface area contributed by atoms with Crippen molar-refractivity contribution in [3.8, 4) is 0 Å². The lowest BCUT2D eigenvalue weighted by Crippen LogP contribution is -2.48. The van der Waals surface area contributed by atoms with Crippen LogP contribution in [0.1, 0.15) is 33.3 Å². The number of carbonyl (C=O) groups is 2. The first-order valence-electron chi connectivity index (χ1n) is 7.57. The monoisotopic (exact) mass is 370 g/mol. The van der Waals surface area contributed by atoms with Crippen LogP contribution < -0.4 is 5.32 Å². The predicted molar refractivity (Wildman–Crippen MR) is 94.5 cm³/mol. The summed E-state index contributed by atoms with van der Waals surface area (Å²) in [6.07, 6.45) is -0.745. The molecular weight excluding hydrogens is 348 g/mol. The summed E-state index contributed by atoms with van der Waals surface area (Å²) in [5.74, 6) is -0.674. The molecule has 0 bridgehead atoms. The van der Waals surface area contributed by atoms with Crippen LogP contribution in [0.4, 0.5) is 10.5 Å². The van der Waals surface area contributed by atoms with Crippen LogP contribution in [0.3, 0.4) is 0 Å². The molecule has 1 aromatic rings. The Kier molecular flexibility index (Phi) is 7.22. The zero-order chi connectivity index (χ0) is 19.2. The van der Waals surface area contributed by atoms with E-state index < -0.39 is 33.9 Å². The number of nitro benzene ring substituents is 1. The predicted octanol–water partition coefficient (Wildman–Crippen LogP) is 2.85. The highest BCUT2D eigenvalue weighted by atomic mass is 32.1. The number of nitro groups is 1. The number of nitrogens with one attached hydrogen (secondary N) is 1. The Balaban J connectivity index is 2.64. The second-order valence-electron chi connectivity index (χ2n) is 6.40. The number of esters is 1. The molecular formula is C16H22N2O6S. The Morgan fingerprint density at radius 3 is 2.28 bits per heavy atom. The number of carbonyl (C=O) groups excluding carboxylic acids is 2. The molecule has 0 fully saturated rings. The van der Waals surface area contributed by atoms with Crippen molar-refractivity contribution in [1.82, 2.24) is 5.32 Å². The molecule has 8 nitrogen and oxygen atoms in total. The fourth-order valence-corrected chi connectivity index (χ4v) is 1.97. The third kappa shape index (κ3) is 7.42. The number of rotatable bonds is 6. The summed E-state index contributed by atoms with van der Waals surface area (Å²) in [5, 5.41) is 12.5. The Hall–Kier alpha value is -2.29. The summed E-state index contributed by atoms with van der Waals surface area (Å²) < 4.78 is 10.3. The van der Waals surface area contributed by atoms with E-state index in [1.807, 2.05) is 0 Å². The van der Waals surface area contributed by atoms with Gasteiger partial charge in [-0.15, -0.1) is 0 Å². The molecule has 1 amide bonds. The normalized spacial score (nSPS) is 13.5. The van der Waals surface area contributed by atoms with E-state index in [0.29, 0.717) is 5.56 Å². The molecule has 0 heterocycles. The lowest BCUT2D eigenvalue weighted by Gasteiger charge is -2.24. The topological polar surface area (TPSA) is 108 Å². The summed E-state index contributed by atoms with van der Waals surface area (Å²) >= 11 is 4.19. The summed E-state index contributed by atoms with van der Waals surface area (Å²) in [7, 11) is 0. The zero-order valence-corrected chi connectivity index (χ0v) is 15.4. The minimum Gasteiger partial charge on any atom is -0.459 e. The largest absolute Gasteiger partial charge is 0.459 e. The van der Waals surface area contributed by atoms with Gasteiger partial charge in [0.2, 0.25) is 0 Å². The number of benzene rings is 1. The fraction of sp³-hybridized carbons (Fsp3) is 0.500. The molecule has 0 aromatic heterocycles. The SMILES string of the molecule is CC(S)C(NC(=O)OC(C)(C)C)C(=O)OCc1ccc([N+](=O)[O-])cc1. The van der Waals surface area contributed by atoms with Crippen LogP contribution >= 0.6 is 12.6 Å². The van der Waals surface area contributed by atoms with Crippen LogP contribution in [-0.2, 0) is 20.9 Å². The van der Waals surface area contributed by atoms with Gasteiger partial charge in [-0.3, -0.25) is 10.1 Å². The Bertz CT molecular complexity index is 625. The smallest absolute Gasteiger partial charge is 0.408 e. The van der Waals surface area contributed by atoms with Gasteiger partial charge in [-0.25, -0.2) is 9.59 Å². The van der Waals surface area contributed by atoms with E-state index in [4.69, 9.17) is 9.47 Å². The number of non-ortho nitro benzene ring substituents is 1. The first kappa shape index (κ1) is 20.8. The van der Waals surface area contributed by atoms with Gasteiger partial charge in [0, 0.05) is 17.4 Å². The first-order valence-corrected chi connectivity index (χ1v) is 8.09. The fourth-order valence-electron chi connectivity index (χ4n) is 1.77. The second kappa shape index (κ2) is 8.70. The van der Waals surface area contributed by atoms with Crippen LogP contribution in [0.2, 0.25) is 0 Å². The lowest BCUT2D eigenvalue weighted by molar-refractivity contribution is -0.384. The maximum absolute atomic E-state index is 12.2. The molecule has 0 saturated heterocycles. The van der Waals surface area contributed by atoms with E-state index in [-0.39, 0.29) is 12.3 Å². The molecule has 1 rings (SSSR count). The quantitative estimate of drug-likeness (QED) is 0.345. The van der Waals surface area contributed by atoms with Gasteiger partial charge in [-0.1, -0.05) is 6.92 Å². The lowest BCUT2D eigenvalue weighted by atomic mass is 10.2. The summed E-state index contributed by atoms with van der Waals surface area (Å²) in [4.78, 5) is 34.1. The van der Waals surface area contributed by atoms with Crippen LogP contribution in [0, 0.1) is 10.1 Å². The maximum atomic E-state index is 12.2. The number of alkyl carbamates (subject to hydrolysis) is 1. The number of amides is 1. The van der Waals surface area contributed by atoms with E-state index in [2.05, 4.69) is 17.9 Å². The molecule has 0 aliphatic carbocycles. The van der Waals surface area contributed by atoms with Crippen molar-refractivity contribution in [1.29, 1.82) is 0 Å². The van der Waals surface area contributed by atoms with E-state index in [1.165, 1.54) is 24.3 Å². The van der Waals surface area contributed by atoms with Gasteiger partial charge in [0.1, 0.15) is 18.2 Å². The van der Waals surface area contributed by atoms with Crippen LogP contribution in [-0.4, -0.2) is 33.9 Å². The number of hydrogen-bond acceptors (Lipinski definition) is 7. The molecule has 1 N–H and O–H groups in total. The highest BCUT2D eigenvalue weighted by Gasteiger charge is 2.28. The third-order valence-corrected chi connectivity index (χ3v) is 3.23. The van der Waals surface area contributed by atoms with E-state index in [0.717, 1.165) is 0 Å². The Morgan fingerprint density at radius 2 is 1.84 bits per heavy atom. The molecule has 2 atom stereocenters. The second-order valence-corrected chi connectivity index (χ2v) is 7.21. The van der Waals surface area contributed by atoms with Crippen LogP contribution in [0.25, 0.3) is 0 Å². The molecule has 25 heavy (non-hydrogen) atoms. The number of ether oxygens (including phenoxy) is 2. The van der Waals surface area contributed by atoms with E-state index >= 15 is 0 Å². The Labute approximate surface area is 151 Å². The van der Waals surface area contributed by atoms with Crippen molar-refractivity contribution in [3.05, 3.63) is 39.9 Å². The van der Waals surface area contributed by atoms with Crippen LogP contribution in [0.5, 0.6) is 0 Å². The highest BCUT2D eigenvalue weighted by Crippen LogP contribution is 2.14. The molecule has 138 valence electrons. The van der Waals surface area contributed by atoms with Gasteiger partial charge in [0.05, 0.1) is 4.92 Å². The minimum absolute atomic E-state index is 0.0523. The van der Waals surface area contributed by atoms with Gasteiger partial charge in [0.25, 0.3) is 5.69 Å². The summed E-state index contributed by atoms with van der Waals surface area (Å²) in [6, 6.07) is 4.63. The third-order valence-electron chi connectivity index (χ3n) is 2.94. The summed E-state index contributed by atoms with van der Waals surface area (Å²) in [5.41, 5.74) is -0.165. The molecule has 2 unspecified atom stereocenters. The molecule has 9 heteroatoms. The molecule has 0 radical (unpaired) electrons. The highest BCUT2D eigenvalue weighted by molar-refractivity contribution is 7.81. The van der Waals surface area contributed by atoms with Gasteiger partial charge in [-0.05, 0) is 38.5 Å². The van der Waals surface area contributed by atoms with Gasteiger partial charge in [0.15, 0.2) is 0 Å². The van der Waals surface area contributed by atoms with E-state index in [9.17, 15) is 19.7 Å². The average Bonchev–Trinajstić information content (AvgIpc) is 2.48. The number of nitrogens with zero attached hydrogens (tertiary/aromatic N) is 1. The average molecular weight is 370 g/mol. The molecule has 0 spiro atoms. The van der Waals surface area contributed by atoms with Crippen molar-refractivity contribution in [2.45, 2.75) is 51.2 Å². The van der Waals surface area contributed by atoms with Gasteiger partial charge in [-0.2, -0.15) is 12.6 Å². The van der Waals surface area contributed by atoms with Crippen molar-refractivity contribution in [3.63, 3.8) is 0 Å². The molecule has 1 aromatic carbocycles. The standard InChI is InChI=1S/C16H22N2O6S/c1-10(25)13(17-15(20)24-16(2,3)4)14(19)23-9-11-5-7-12(8-6-11)18(21)22/h5-8,10,13,25H,9H2,1-4H3,(H,17,20). The van der Waals surface area contributed by atoms with Crippen molar-refractivity contribution < 1.29 is 24.0 Å². The summed E-state index contributed by atoms with van der Waals surface area (Å²) in [6.45, 7) is 6.68. The van der Waals surface area contributed by atoms with Crippen molar-refractivity contribution in [2.24, 2.45) is 0 Å². The van der Waals surface area contributed by atoms with E-state index in [1.54, 1.807) is 27.7 Å². The van der Waals surface area contributed by atoms with Gasteiger partial charge < -0.3 is 14.8 Å². The van der Waals surface area contributed by atoms with Crippen molar-refractivity contribution in [2.75, 3.05) is 0 Å².